The second-order valence-corrected chi connectivity index (χ2v) is 6.12. The molecular formula is C16H18ClN5. The number of hydrogen-bond acceptors (Lipinski definition) is 5. The number of nitrogens with zero attached hydrogens (tertiary/aromatic N) is 5. The van der Waals surface area contributed by atoms with Crippen molar-refractivity contribution in [3.05, 3.63) is 35.1 Å². The molecule has 0 bridgehead atoms. The zero-order valence-electron chi connectivity index (χ0n) is 12.4. The van der Waals surface area contributed by atoms with E-state index < -0.39 is 0 Å². The zero-order valence-corrected chi connectivity index (χ0v) is 13.1. The van der Waals surface area contributed by atoms with E-state index in [-0.39, 0.29) is 5.28 Å². The molecule has 3 heterocycles. The normalized spacial score (nSPS) is 17.7. The number of rotatable bonds is 2. The van der Waals surface area contributed by atoms with Crippen LogP contribution in [0.5, 0.6) is 0 Å². The van der Waals surface area contributed by atoms with Crippen LogP contribution in [0.2, 0.25) is 5.28 Å². The van der Waals surface area contributed by atoms with Gasteiger partial charge in [0.05, 0.1) is 0 Å². The Balaban J connectivity index is 1.69. The number of aromatic nitrogens is 3. The largest absolute Gasteiger partial charge is 0.341 e. The number of fused-ring (bicyclic) bond motifs is 1. The van der Waals surface area contributed by atoms with Crippen LogP contribution in [0.1, 0.15) is 24.8 Å². The first-order valence-electron chi connectivity index (χ1n) is 7.83. The van der Waals surface area contributed by atoms with Gasteiger partial charge in [0, 0.05) is 25.3 Å². The fourth-order valence-electron chi connectivity index (χ4n) is 3.23. The lowest BCUT2D eigenvalue weighted by molar-refractivity contribution is 0.567. The first kappa shape index (κ1) is 13.8. The third-order valence-corrected chi connectivity index (χ3v) is 4.52. The summed E-state index contributed by atoms with van der Waals surface area (Å²) in [4.78, 5) is 17.7. The molecule has 4 rings (SSSR count). The van der Waals surface area contributed by atoms with Crippen molar-refractivity contribution in [2.24, 2.45) is 0 Å². The minimum absolute atomic E-state index is 0.273. The summed E-state index contributed by atoms with van der Waals surface area (Å²) < 4.78 is 0. The molecule has 2 aliphatic heterocycles. The Morgan fingerprint density at radius 3 is 2.50 bits per heavy atom. The molecule has 2 aliphatic rings. The Morgan fingerprint density at radius 1 is 0.864 bits per heavy atom. The number of anilines is 3. The van der Waals surface area contributed by atoms with Crippen LogP contribution in [-0.2, 0) is 6.42 Å². The van der Waals surface area contributed by atoms with Crippen LogP contribution >= 0.6 is 11.6 Å². The van der Waals surface area contributed by atoms with Gasteiger partial charge in [-0.15, -0.1) is 0 Å². The summed E-state index contributed by atoms with van der Waals surface area (Å²) in [5.41, 5.74) is 2.51. The monoisotopic (exact) mass is 315 g/mol. The molecule has 1 aromatic heterocycles. The van der Waals surface area contributed by atoms with Crippen molar-refractivity contribution in [3.63, 3.8) is 0 Å². The minimum atomic E-state index is 0.273. The van der Waals surface area contributed by atoms with Crippen LogP contribution in [0.3, 0.4) is 0 Å². The Kier molecular flexibility index (Phi) is 3.58. The van der Waals surface area contributed by atoms with Gasteiger partial charge < -0.3 is 9.80 Å². The lowest BCUT2D eigenvalue weighted by atomic mass is 10.1. The lowest BCUT2D eigenvalue weighted by Crippen LogP contribution is -2.31. The van der Waals surface area contributed by atoms with Gasteiger partial charge in [-0.25, -0.2) is 0 Å². The third-order valence-electron chi connectivity index (χ3n) is 4.35. The summed E-state index contributed by atoms with van der Waals surface area (Å²) in [7, 11) is 0. The van der Waals surface area contributed by atoms with E-state index in [9.17, 15) is 0 Å². The molecule has 0 saturated carbocycles. The van der Waals surface area contributed by atoms with E-state index in [4.69, 9.17) is 11.6 Å². The van der Waals surface area contributed by atoms with Gasteiger partial charge in [-0.1, -0.05) is 18.2 Å². The molecule has 0 amide bonds. The number of hydrogen-bond donors (Lipinski definition) is 0. The van der Waals surface area contributed by atoms with Crippen LogP contribution in [0.25, 0.3) is 0 Å². The molecule has 1 saturated heterocycles. The van der Waals surface area contributed by atoms with Crippen molar-refractivity contribution in [2.75, 3.05) is 29.4 Å². The standard InChI is InChI=1S/C16H18ClN5/c17-14-18-15(21-9-4-1-5-10-21)20-16(19-14)22-11-8-12-6-2-3-7-13(12)22/h2-3,6-7H,1,4-5,8-11H2. The van der Waals surface area contributed by atoms with Gasteiger partial charge in [0.25, 0.3) is 0 Å². The molecule has 0 unspecified atom stereocenters. The van der Waals surface area contributed by atoms with Crippen LogP contribution in [-0.4, -0.2) is 34.6 Å². The second kappa shape index (κ2) is 5.72. The number of halogens is 1. The highest BCUT2D eigenvalue weighted by atomic mass is 35.5. The van der Waals surface area contributed by atoms with E-state index in [2.05, 4.69) is 43.0 Å². The summed E-state index contributed by atoms with van der Waals surface area (Å²) in [5, 5.41) is 0.273. The van der Waals surface area contributed by atoms with Gasteiger partial charge >= 0.3 is 0 Å². The highest BCUT2D eigenvalue weighted by Crippen LogP contribution is 2.33. The molecule has 5 nitrogen and oxygen atoms in total. The predicted molar refractivity (Wildman–Crippen MR) is 88.1 cm³/mol. The molecule has 0 N–H and O–H groups in total. The number of benzene rings is 1. The van der Waals surface area contributed by atoms with E-state index in [1.54, 1.807) is 0 Å². The average molecular weight is 316 g/mol. The molecule has 22 heavy (non-hydrogen) atoms. The van der Waals surface area contributed by atoms with Gasteiger partial charge in [-0.05, 0) is 48.9 Å². The first-order valence-corrected chi connectivity index (χ1v) is 8.21. The van der Waals surface area contributed by atoms with Gasteiger partial charge in [-0.3, -0.25) is 0 Å². The van der Waals surface area contributed by atoms with E-state index >= 15 is 0 Å². The number of piperidine rings is 1. The molecule has 0 atom stereocenters. The van der Waals surface area contributed by atoms with Gasteiger partial charge in [0.1, 0.15) is 0 Å². The van der Waals surface area contributed by atoms with Crippen molar-refractivity contribution in [1.82, 2.24) is 15.0 Å². The summed E-state index contributed by atoms with van der Waals surface area (Å²) in [6.07, 6.45) is 4.66. The summed E-state index contributed by atoms with van der Waals surface area (Å²) in [6.45, 7) is 2.88. The zero-order chi connectivity index (χ0) is 14.9. The van der Waals surface area contributed by atoms with Crippen LogP contribution in [0.4, 0.5) is 17.6 Å². The van der Waals surface area contributed by atoms with Crippen LogP contribution in [0.15, 0.2) is 24.3 Å². The van der Waals surface area contributed by atoms with E-state index in [1.165, 1.54) is 30.5 Å². The summed E-state index contributed by atoms with van der Waals surface area (Å²) in [6, 6.07) is 8.39. The third kappa shape index (κ3) is 2.50. The molecule has 1 aromatic carbocycles. The van der Waals surface area contributed by atoms with Crippen LogP contribution in [0, 0.1) is 0 Å². The van der Waals surface area contributed by atoms with Crippen molar-refractivity contribution in [2.45, 2.75) is 25.7 Å². The Hall–Kier alpha value is -1.88. The molecule has 0 radical (unpaired) electrons. The minimum Gasteiger partial charge on any atom is -0.341 e. The molecule has 0 aliphatic carbocycles. The molecular weight excluding hydrogens is 298 g/mol. The summed E-state index contributed by atoms with van der Waals surface area (Å²) >= 11 is 6.16. The second-order valence-electron chi connectivity index (χ2n) is 5.78. The highest BCUT2D eigenvalue weighted by Gasteiger charge is 2.24. The maximum Gasteiger partial charge on any atom is 0.236 e. The van der Waals surface area contributed by atoms with E-state index in [0.29, 0.717) is 11.9 Å². The van der Waals surface area contributed by atoms with Crippen LogP contribution < -0.4 is 9.80 Å². The Bertz CT molecular complexity index is 684. The quantitative estimate of drug-likeness (QED) is 0.851. The molecule has 6 heteroatoms. The van der Waals surface area contributed by atoms with Crippen molar-refractivity contribution < 1.29 is 0 Å². The van der Waals surface area contributed by atoms with Gasteiger partial charge in [0.2, 0.25) is 17.2 Å². The molecule has 0 spiro atoms. The predicted octanol–water partition coefficient (Wildman–Crippen LogP) is 3.21. The Morgan fingerprint density at radius 2 is 1.64 bits per heavy atom. The SMILES string of the molecule is Clc1nc(N2CCCCC2)nc(N2CCc3ccccc32)n1. The maximum atomic E-state index is 6.16. The average Bonchev–Trinajstić information content (AvgIpc) is 2.99. The van der Waals surface area contributed by atoms with Gasteiger partial charge in [-0.2, -0.15) is 15.0 Å². The smallest absolute Gasteiger partial charge is 0.236 e. The maximum absolute atomic E-state index is 6.16. The fraction of sp³-hybridized carbons (Fsp3) is 0.438. The summed E-state index contributed by atoms with van der Waals surface area (Å²) in [5.74, 6) is 1.37. The molecule has 114 valence electrons. The van der Waals surface area contributed by atoms with Gasteiger partial charge in [0.15, 0.2) is 0 Å². The lowest BCUT2D eigenvalue weighted by Gasteiger charge is -2.27. The first-order chi connectivity index (χ1) is 10.8. The van der Waals surface area contributed by atoms with E-state index in [0.717, 1.165) is 26.1 Å². The van der Waals surface area contributed by atoms with Crippen molar-refractivity contribution in [3.8, 4) is 0 Å². The van der Waals surface area contributed by atoms with E-state index in [1.807, 2.05) is 6.07 Å². The molecule has 2 aromatic rings. The van der Waals surface area contributed by atoms with Crippen molar-refractivity contribution in [1.29, 1.82) is 0 Å². The highest BCUT2D eigenvalue weighted by molar-refractivity contribution is 6.28. The fourth-order valence-corrected chi connectivity index (χ4v) is 3.38. The topological polar surface area (TPSA) is 45.2 Å². The van der Waals surface area contributed by atoms with Crippen molar-refractivity contribution >= 4 is 29.2 Å². The molecule has 1 fully saturated rings. The Labute approximate surface area is 135 Å². The number of para-hydroxylation sites is 1.